The van der Waals surface area contributed by atoms with E-state index in [0.29, 0.717) is 66.7 Å². The first-order valence-corrected chi connectivity index (χ1v) is 23.3. The number of halogens is 5. The summed E-state index contributed by atoms with van der Waals surface area (Å²) in [7, 11) is -0.0679. The average Bonchev–Trinajstić information content (AvgIpc) is 3.69. The van der Waals surface area contributed by atoms with Gasteiger partial charge in [0.15, 0.2) is 0 Å². The van der Waals surface area contributed by atoms with Gasteiger partial charge in [-0.15, -0.1) is 0 Å². The van der Waals surface area contributed by atoms with E-state index in [-0.39, 0.29) is 52.0 Å². The number of carboxylic acid groups (broad SMARTS) is 1. The Bertz CT molecular complexity index is 2480. The molecule has 3 amide bonds. The normalized spacial score (nSPS) is 12.9. The van der Waals surface area contributed by atoms with Gasteiger partial charge in [-0.05, 0) is 141 Å². The van der Waals surface area contributed by atoms with Crippen LogP contribution < -0.4 is 21.7 Å². The molecule has 0 spiro atoms. The van der Waals surface area contributed by atoms with E-state index in [0.717, 1.165) is 25.7 Å². The van der Waals surface area contributed by atoms with Crippen molar-refractivity contribution in [1.29, 1.82) is 0 Å². The van der Waals surface area contributed by atoms with Gasteiger partial charge in [-0.2, -0.15) is 0 Å². The van der Waals surface area contributed by atoms with E-state index in [4.69, 9.17) is 44.9 Å². The first-order chi connectivity index (χ1) is 30.2. The van der Waals surface area contributed by atoms with Gasteiger partial charge in [-0.1, -0.05) is 23.2 Å². The number of aryl methyl sites for hydroxylation is 2. The molecule has 0 fully saturated rings. The number of aromatic nitrogens is 2. The molecule has 2 aromatic carbocycles. The Labute approximate surface area is 393 Å². The van der Waals surface area contributed by atoms with Crippen molar-refractivity contribution in [2.75, 3.05) is 11.1 Å². The second kappa shape index (κ2) is 23.5. The molecule has 65 heavy (non-hydrogen) atoms. The number of carbonyl (C=O) groups excluding carboxylic acids is 5. The van der Waals surface area contributed by atoms with Gasteiger partial charge < -0.3 is 35.9 Å². The van der Waals surface area contributed by atoms with Crippen LogP contribution in [0.15, 0.2) is 36.4 Å². The quantitative estimate of drug-likeness (QED) is 0.0374. The number of nitrogens with one attached hydrogen (secondary N) is 3. The molecule has 0 radical (unpaired) electrons. The van der Waals surface area contributed by atoms with Crippen molar-refractivity contribution in [3.8, 4) is 0 Å². The fourth-order valence-electron chi connectivity index (χ4n) is 6.89. The van der Waals surface area contributed by atoms with Crippen molar-refractivity contribution in [2.24, 2.45) is 0 Å². The number of Topliss-reactive ketones (excluding diaryl/α,β-unsaturated/α-hetero) is 2. The van der Waals surface area contributed by atoms with Crippen LogP contribution in [-0.2, 0) is 40.2 Å². The first-order valence-electron chi connectivity index (χ1n) is 20.4. The molecule has 6 N–H and O–H groups in total. The number of hydrogen-bond acceptors (Lipinski definition) is 8. The number of aromatic carboxylic acids is 1. The molecule has 2 aliphatic rings. The Balaban J connectivity index is 0.000000278. The number of carboxylic acids is 1. The van der Waals surface area contributed by atoms with Crippen LogP contribution in [0, 0.1) is 25.5 Å². The molecule has 0 saturated carbocycles. The summed E-state index contributed by atoms with van der Waals surface area (Å²) in [6.07, 6.45) is 4.42. The number of ketones is 2. The Morgan fingerprint density at radius 2 is 1.14 bits per heavy atom. The van der Waals surface area contributed by atoms with Gasteiger partial charge in [-0.25, -0.2) is 13.6 Å². The van der Waals surface area contributed by atoms with Crippen LogP contribution in [0.5, 0.6) is 0 Å². The number of hydrogen-bond donors (Lipinski definition) is 5. The molecule has 0 bridgehead atoms. The fourth-order valence-corrected chi connectivity index (χ4v) is 7.65. The van der Waals surface area contributed by atoms with Crippen LogP contribution in [0.4, 0.5) is 20.2 Å². The molecule has 14 nitrogen and oxygen atoms in total. The Morgan fingerprint density at radius 1 is 0.723 bits per heavy atom. The third-order valence-corrected chi connectivity index (χ3v) is 10.7. The van der Waals surface area contributed by atoms with Gasteiger partial charge in [0.2, 0.25) is 0 Å². The van der Waals surface area contributed by atoms with Gasteiger partial charge in [0.1, 0.15) is 23.0 Å². The van der Waals surface area contributed by atoms with Gasteiger partial charge in [-0.3, -0.25) is 24.0 Å². The molecule has 0 saturated heterocycles. The molecule has 21 heteroatoms. The standard InChI is InChI=1S/C22H25ClFN3O3.C15H19ClN2O4.C7H8FN.BClHOP/c1-12-11-13(8-9-14(12)24)25-20(29)16-15-7-5-6-10-27(15)18(17(16)23)19(28)21(30)26-22(2,3)4;1-15(2,3)17-13(20)12(19)11-10(16)9(14(21)22)8-6-4-5-7-18(8)11;1-5-4-6(9)2-3-7(5)8;2-4-1-3/h8-9,11H,5-7,10H2,1-4H3,(H,25,29)(H,26,30);4-7H2,1-3H3,(H,17,20)(H,21,22);2-4H,9H2,1H3;4H. The van der Waals surface area contributed by atoms with Crippen LogP contribution in [0.3, 0.4) is 0 Å². The zero-order valence-corrected chi connectivity index (χ0v) is 40.6. The number of anilines is 2. The van der Waals surface area contributed by atoms with E-state index < -0.39 is 46.3 Å². The zero-order chi connectivity index (χ0) is 49.1. The second-order valence-electron chi connectivity index (χ2n) is 17.2. The molecule has 1 atom stereocenters. The fraction of sp³-hybridized carbons (Fsp3) is 0.409. The van der Waals surface area contributed by atoms with Crippen LogP contribution in [0.2, 0.25) is 10.0 Å². The maximum atomic E-state index is 13.5. The number of benzene rings is 2. The van der Waals surface area contributed by atoms with Crippen LogP contribution in [0.1, 0.15) is 131 Å². The molecule has 6 rings (SSSR count). The molecule has 1 unspecified atom stereocenters. The van der Waals surface area contributed by atoms with Gasteiger partial charge >= 0.3 is 36.6 Å². The molecule has 2 aliphatic heterocycles. The Morgan fingerprint density at radius 3 is 1.52 bits per heavy atom. The van der Waals surface area contributed by atoms with Crippen LogP contribution >= 0.6 is 42.3 Å². The monoisotopic (exact) mass is 978 g/mol. The van der Waals surface area contributed by atoms with Crippen LogP contribution in [0.25, 0.3) is 0 Å². The third-order valence-electron chi connectivity index (χ3n) is 9.62. The number of amides is 3. The first kappa shape index (κ1) is 54.4. The number of fused-ring (bicyclic) bond motifs is 2. The Hall–Kier alpha value is -4.96. The second-order valence-corrected chi connectivity index (χ2v) is 19.1. The summed E-state index contributed by atoms with van der Waals surface area (Å²) in [5.41, 5.74) is 7.52. The van der Waals surface area contributed by atoms with E-state index in [1.165, 1.54) is 24.3 Å². The Kier molecular flexibility index (Phi) is 19.6. The van der Waals surface area contributed by atoms with Crippen molar-refractivity contribution >= 4 is 95.8 Å². The van der Waals surface area contributed by atoms with E-state index in [1.807, 2.05) is 0 Å². The van der Waals surface area contributed by atoms with Crippen molar-refractivity contribution < 1.29 is 47.4 Å². The molecular formula is C44H53BCl3F2N6O8P. The molecule has 2 aromatic heterocycles. The molecule has 4 aromatic rings. The average molecular weight is 980 g/mol. The summed E-state index contributed by atoms with van der Waals surface area (Å²) in [5, 5.41) is 17.1. The van der Waals surface area contributed by atoms with E-state index >= 15 is 0 Å². The number of nitrogen functional groups attached to an aromatic ring is 1. The van der Waals surface area contributed by atoms with Crippen LogP contribution in [-0.4, -0.2) is 67.4 Å². The van der Waals surface area contributed by atoms with Gasteiger partial charge in [0.25, 0.3) is 29.3 Å². The predicted molar refractivity (Wildman–Crippen MR) is 251 cm³/mol. The number of rotatable bonds is 8. The van der Waals surface area contributed by atoms with Crippen molar-refractivity contribution in [1.82, 2.24) is 19.8 Å². The number of nitrogens with two attached hydrogens (primary N) is 1. The molecule has 350 valence electrons. The van der Waals surface area contributed by atoms with Crippen molar-refractivity contribution in [2.45, 2.75) is 118 Å². The molecular weight excluding hydrogens is 927 g/mol. The number of carbonyl (C=O) groups is 6. The summed E-state index contributed by atoms with van der Waals surface area (Å²) in [5.74, 6) is -5.36. The summed E-state index contributed by atoms with van der Waals surface area (Å²) in [4.78, 5) is 74.3. The van der Waals surface area contributed by atoms with E-state index in [2.05, 4.69) is 16.0 Å². The van der Waals surface area contributed by atoms with E-state index in [1.54, 1.807) is 76.7 Å². The summed E-state index contributed by atoms with van der Waals surface area (Å²) in [6, 6.07) is 8.77. The summed E-state index contributed by atoms with van der Waals surface area (Å²) >= 11 is 17.5. The van der Waals surface area contributed by atoms with E-state index in [9.17, 15) is 42.7 Å². The van der Waals surface area contributed by atoms with Crippen molar-refractivity contribution in [3.05, 3.63) is 103 Å². The minimum atomic E-state index is -1.18. The van der Waals surface area contributed by atoms with Gasteiger partial charge in [0.05, 0.1) is 21.2 Å². The third kappa shape index (κ3) is 14.8. The molecule has 0 aliphatic carbocycles. The topological polar surface area (TPSA) is 212 Å². The zero-order valence-electron chi connectivity index (χ0n) is 37.4. The predicted octanol–water partition coefficient (Wildman–Crippen LogP) is 9.05. The SMILES string of the molecule is CC(C)(C)NC(=O)C(=O)c1c(Cl)c(C(=O)O)c2n1CCCC2.Cc1cc(N)ccc1F.Cc1cc(NC(=O)c2c(Cl)c(C(=O)C(=O)NC(C)(C)C)n3c2CCCC3)ccc1F.O=BPCl. The summed E-state index contributed by atoms with van der Waals surface area (Å²) < 4.78 is 38.3. The number of nitrogens with zero attached hydrogens (tertiary/aromatic N) is 2. The molecule has 4 heterocycles. The van der Waals surface area contributed by atoms with Crippen molar-refractivity contribution in [3.63, 3.8) is 0 Å². The summed E-state index contributed by atoms with van der Waals surface area (Å²) in [6.45, 7) is 15.6. The minimum absolute atomic E-state index is 0.0180. The maximum absolute atomic E-state index is 13.5. The van der Waals surface area contributed by atoms with Gasteiger partial charge in [0, 0.05) is 46.9 Å².